The van der Waals surface area contributed by atoms with Crippen molar-refractivity contribution in [3.05, 3.63) is 60.6 Å². The number of hydrogen-bond donors (Lipinski definition) is 1. The number of aromatic nitrogens is 3. The summed E-state index contributed by atoms with van der Waals surface area (Å²) in [5, 5.41) is 7.48. The molecule has 22 heavy (non-hydrogen) atoms. The van der Waals surface area contributed by atoms with E-state index >= 15 is 0 Å². The Morgan fingerprint density at radius 2 is 2.09 bits per heavy atom. The number of imidazole rings is 1. The van der Waals surface area contributed by atoms with Crippen molar-refractivity contribution in [2.45, 2.75) is 6.42 Å². The highest BCUT2D eigenvalue weighted by Crippen LogP contribution is 2.22. The predicted octanol–water partition coefficient (Wildman–Crippen LogP) is 2.66. The molecule has 4 rings (SSSR count). The van der Waals surface area contributed by atoms with Gasteiger partial charge in [-0.05, 0) is 24.3 Å². The van der Waals surface area contributed by atoms with Gasteiger partial charge < -0.3 is 14.2 Å². The van der Waals surface area contributed by atoms with E-state index in [0.717, 1.165) is 16.7 Å². The Morgan fingerprint density at radius 1 is 1.18 bits per heavy atom. The molecule has 0 saturated heterocycles. The van der Waals surface area contributed by atoms with Gasteiger partial charge in [-0.3, -0.25) is 4.79 Å². The number of benzene rings is 1. The van der Waals surface area contributed by atoms with Crippen molar-refractivity contribution in [3.63, 3.8) is 0 Å². The van der Waals surface area contributed by atoms with Crippen LogP contribution in [0.15, 0.2) is 59.4 Å². The number of para-hydroxylation sites is 1. The number of nitrogens with zero attached hydrogens (tertiary/aromatic N) is 3. The number of pyridine rings is 1. The number of fused-ring (bicyclic) bond motifs is 2. The molecule has 0 aliphatic carbocycles. The molecule has 6 nitrogen and oxygen atoms in total. The van der Waals surface area contributed by atoms with E-state index in [2.05, 4.69) is 15.5 Å². The monoisotopic (exact) mass is 292 g/mol. The molecule has 0 aliphatic rings. The zero-order valence-electron chi connectivity index (χ0n) is 11.6. The van der Waals surface area contributed by atoms with Crippen LogP contribution in [0, 0.1) is 0 Å². The molecule has 3 aromatic heterocycles. The van der Waals surface area contributed by atoms with Crippen molar-refractivity contribution in [2.24, 2.45) is 0 Å². The van der Waals surface area contributed by atoms with Crippen molar-refractivity contribution < 1.29 is 9.32 Å². The SMILES string of the molecule is O=C(Cc1cccc2nccn12)Nc1noc2ccccc12. The molecule has 0 atom stereocenters. The Bertz CT molecular complexity index is 970. The van der Waals surface area contributed by atoms with Gasteiger partial charge in [0.25, 0.3) is 0 Å². The van der Waals surface area contributed by atoms with E-state index in [9.17, 15) is 4.79 Å². The highest BCUT2D eigenvalue weighted by Gasteiger charge is 2.12. The highest BCUT2D eigenvalue weighted by atomic mass is 16.5. The fourth-order valence-corrected chi connectivity index (χ4v) is 2.47. The Balaban J connectivity index is 1.59. The number of rotatable bonds is 3. The quantitative estimate of drug-likeness (QED) is 0.630. The average Bonchev–Trinajstić information content (AvgIpc) is 3.15. The van der Waals surface area contributed by atoms with Gasteiger partial charge in [-0.1, -0.05) is 23.4 Å². The summed E-state index contributed by atoms with van der Waals surface area (Å²) in [5.74, 6) is 0.290. The van der Waals surface area contributed by atoms with Crippen LogP contribution in [-0.2, 0) is 11.2 Å². The summed E-state index contributed by atoms with van der Waals surface area (Å²) >= 11 is 0. The molecule has 0 bridgehead atoms. The molecule has 1 amide bonds. The van der Waals surface area contributed by atoms with Crippen LogP contribution in [0.3, 0.4) is 0 Å². The third-order valence-electron chi connectivity index (χ3n) is 3.49. The molecule has 4 aromatic rings. The van der Waals surface area contributed by atoms with Gasteiger partial charge >= 0.3 is 0 Å². The lowest BCUT2D eigenvalue weighted by molar-refractivity contribution is -0.115. The Morgan fingerprint density at radius 3 is 3.05 bits per heavy atom. The topological polar surface area (TPSA) is 72.4 Å². The van der Waals surface area contributed by atoms with Crippen LogP contribution in [0.2, 0.25) is 0 Å². The van der Waals surface area contributed by atoms with Gasteiger partial charge in [-0.15, -0.1) is 0 Å². The highest BCUT2D eigenvalue weighted by molar-refractivity contribution is 5.99. The van der Waals surface area contributed by atoms with Gasteiger partial charge in [-0.25, -0.2) is 4.98 Å². The van der Waals surface area contributed by atoms with E-state index in [4.69, 9.17) is 4.52 Å². The molecule has 108 valence electrons. The molecule has 0 fully saturated rings. The fourth-order valence-electron chi connectivity index (χ4n) is 2.47. The second kappa shape index (κ2) is 5.00. The number of hydrogen-bond acceptors (Lipinski definition) is 4. The van der Waals surface area contributed by atoms with E-state index in [1.807, 2.05) is 53.1 Å². The second-order valence-corrected chi connectivity index (χ2v) is 4.92. The minimum absolute atomic E-state index is 0.153. The number of carbonyl (C=O) groups is 1. The second-order valence-electron chi connectivity index (χ2n) is 4.92. The van der Waals surface area contributed by atoms with Gasteiger partial charge in [0.1, 0.15) is 5.65 Å². The third kappa shape index (κ3) is 2.10. The summed E-state index contributed by atoms with van der Waals surface area (Å²) < 4.78 is 7.07. The zero-order chi connectivity index (χ0) is 14.9. The minimum Gasteiger partial charge on any atom is -0.354 e. The molecule has 0 saturated carbocycles. The van der Waals surface area contributed by atoms with E-state index in [1.165, 1.54) is 0 Å². The van der Waals surface area contributed by atoms with Crippen LogP contribution in [-0.4, -0.2) is 20.4 Å². The molecule has 0 spiro atoms. The Labute approximate surface area is 125 Å². The first kappa shape index (κ1) is 12.6. The summed E-state index contributed by atoms with van der Waals surface area (Å²) in [6.07, 6.45) is 3.78. The lowest BCUT2D eigenvalue weighted by Gasteiger charge is -2.05. The van der Waals surface area contributed by atoms with Gasteiger partial charge in [0.05, 0.1) is 11.8 Å². The molecule has 3 heterocycles. The van der Waals surface area contributed by atoms with Crippen molar-refractivity contribution in [3.8, 4) is 0 Å². The number of anilines is 1. The van der Waals surface area contributed by atoms with Gasteiger partial charge in [-0.2, -0.15) is 0 Å². The van der Waals surface area contributed by atoms with E-state index in [0.29, 0.717) is 11.4 Å². The van der Waals surface area contributed by atoms with E-state index < -0.39 is 0 Å². The number of amides is 1. The molecule has 0 radical (unpaired) electrons. The smallest absolute Gasteiger partial charge is 0.231 e. The largest absolute Gasteiger partial charge is 0.354 e. The minimum atomic E-state index is -0.153. The van der Waals surface area contributed by atoms with Crippen LogP contribution in [0.4, 0.5) is 5.82 Å². The summed E-state index contributed by atoms with van der Waals surface area (Å²) in [6.45, 7) is 0. The van der Waals surface area contributed by atoms with Gasteiger partial charge in [0, 0.05) is 18.1 Å². The van der Waals surface area contributed by atoms with Crippen LogP contribution >= 0.6 is 0 Å². The van der Waals surface area contributed by atoms with E-state index in [1.54, 1.807) is 6.20 Å². The molecule has 1 aromatic carbocycles. The van der Waals surface area contributed by atoms with E-state index in [-0.39, 0.29) is 12.3 Å². The Hall–Kier alpha value is -3.15. The summed E-state index contributed by atoms with van der Waals surface area (Å²) in [5.41, 5.74) is 2.33. The lowest BCUT2D eigenvalue weighted by atomic mass is 10.2. The Kier molecular flexibility index (Phi) is 2.86. The third-order valence-corrected chi connectivity index (χ3v) is 3.49. The van der Waals surface area contributed by atoms with Crippen LogP contribution in [0.5, 0.6) is 0 Å². The van der Waals surface area contributed by atoms with Crippen molar-refractivity contribution >= 4 is 28.3 Å². The van der Waals surface area contributed by atoms with Crippen LogP contribution in [0.25, 0.3) is 16.6 Å². The normalized spacial score (nSPS) is 11.1. The maximum Gasteiger partial charge on any atom is 0.231 e. The standard InChI is InChI=1S/C16H12N4O2/c21-15(10-11-4-3-7-14-17-8-9-20(11)14)18-16-12-5-1-2-6-13(12)22-19-16/h1-9H,10H2,(H,18,19,21). The predicted molar refractivity (Wildman–Crippen MR) is 81.5 cm³/mol. The molecule has 0 aliphatic heterocycles. The molecular weight excluding hydrogens is 280 g/mol. The van der Waals surface area contributed by atoms with Crippen LogP contribution in [0.1, 0.15) is 5.69 Å². The molecule has 6 heteroatoms. The molecule has 1 N–H and O–H groups in total. The lowest BCUT2D eigenvalue weighted by Crippen LogP contribution is -2.16. The summed E-state index contributed by atoms with van der Waals surface area (Å²) in [6, 6.07) is 13.1. The molecular formula is C16H12N4O2. The van der Waals surface area contributed by atoms with Gasteiger partial charge in [0.2, 0.25) is 5.91 Å². The summed E-state index contributed by atoms with van der Waals surface area (Å²) in [4.78, 5) is 16.5. The number of carbonyl (C=O) groups excluding carboxylic acids is 1. The van der Waals surface area contributed by atoms with Crippen molar-refractivity contribution in [1.29, 1.82) is 0 Å². The maximum absolute atomic E-state index is 12.3. The number of nitrogens with one attached hydrogen (secondary N) is 1. The van der Waals surface area contributed by atoms with Crippen molar-refractivity contribution in [2.75, 3.05) is 5.32 Å². The van der Waals surface area contributed by atoms with Crippen molar-refractivity contribution in [1.82, 2.24) is 14.5 Å². The first-order valence-corrected chi connectivity index (χ1v) is 6.86. The first-order chi connectivity index (χ1) is 10.8. The molecule has 0 unspecified atom stereocenters. The van der Waals surface area contributed by atoms with Gasteiger partial charge in [0.15, 0.2) is 11.4 Å². The maximum atomic E-state index is 12.3. The van der Waals surface area contributed by atoms with Crippen LogP contribution < -0.4 is 5.32 Å². The first-order valence-electron chi connectivity index (χ1n) is 6.86. The average molecular weight is 292 g/mol. The summed E-state index contributed by atoms with van der Waals surface area (Å²) in [7, 11) is 0. The fraction of sp³-hybridized carbons (Fsp3) is 0.0625. The zero-order valence-corrected chi connectivity index (χ0v) is 11.6.